The molecule has 0 unspecified atom stereocenters. The first-order valence-electron chi connectivity index (χ1n) is 6.81. The van der Waals surface area contributed by atoms with Crippen LogP contribution >= 0.6 is 11.3 Å². The summed E-state index contributed by atoms with van der Waals surface area (Å²) < 4.78 is 5.86. The Balaban J connectivity index is 1.99. The fourth-order valence-electron chi connectivity index (χ4n) is 2.05. The number of carboxylic acids is 1. The number of aromatic nitrogens is 1. The summed E-state index contributed by atoms with van der Waals surface area (Å²) in [6.45, 7) is 6.58. The van der Waals surface area contributed by atoms with Gasteiger partial charge in [0.15, 0.2) is 0 Å². The molecule has 0 bridgehead atoms. The van der Waals surface area contributed by atoms with Gasteiger partial charge in [-0.3, -0.25) is 4.79 Å². The Kier molecular flexibility index (Phi) is 4.96. The molecule has 0 aliphatic rings. The molecule has 4 nitrogen and oxygen atoms in total. The van der Waals surface area contributed by atoms with Crippen molar-refractivity contribution in [2.75, 3.05) is 0 Å². The molecule has 0 aliphatic carbocycles. The van der Waals surface area contributed by atoms with E-state index < -0.39 is 5.97 Å². The summed E-state index contributed by atoms with van der Waals surface area (Å²) in [7, 11) is 0. The van der Waals surface area contributed by atoms with Crippen LogP contribution in [0.3, 0.4) is 0 Å². The number of carbonyl (C=O) groups is 1. The number of ether oxygens (including phenoxy) is 1. The van der Waals surface area contributed by atoms with Crippen molar-refractivity contribution in [3.05, 3.63) is 44.9 Å². The molecule has 0 amide bonds. The number of hydrogen-bond donors (Lipinski definition) is 1. The van der Waals surface area contributed by atoms with Crippen molar-refractivity contribution in [1.29, 1.82) is 0 Å². The lowest BCUT2D eigenvalue weighted by Crippen LogP contribution is -1.98. The van der Waals surface area contributed by atoms with Crippen LogP contribution in [0.1, 0.15) is 33.0 Å². The second kappa shape index (κ2) is 6.72. The number of nitrogens with zero attached hydrogens (tertiary/aromatic N) is 1. The van der Waals surface area contributed by atoms with Crippen molar-refractivity contribution in [2.24, 2.45) is 0 Å². The second-order valence-corrected chi connectivity index (χ2v) is 6.31. The van der Waals surface area contributed by atoms with Gasteiger partial charge in [-0.15, -0.1) is 11.3 Å². The Morgan fingerprint density at radius 3 is 2.81 bits per heavy atom. The first kappa shape index (κ1) is 15.5. The van der Waals surface area contributed by atoms with Gasteiger partial charge in [0.25, 0.3) is 0 Å². The highest BCUT2D eigenvalue weighted by molar-refractivity contribution is 7.11. The van der Waals surface area contributed by atoms with Gasteiger partial charge in [-0.05, 0) is 49.9 Å². The highest BCUT2D eigenvalue weighted by Crippen LogP contribution is 2.25. The van der Waals surface area contributed by atoms with Gasteiger partial charge in [-0.2, -0.15) is 0 Å². The molecule has 21 heavy (non-hydrogen) atoms. The fourth-order valence-corrected chi connectivity index (χ4v) is 2.89. The summed E-state index contributed by atoms with van der Waals surface area (Å²) in [5.41, 5.74) is 3.53. The fraction of sp³-hybridized carbons (Fsp3) is 0.375. The third-order valence-electron chi connectivity index (χ3n) is 3.30. The molecular formula is C16H19NO3S. The lowest BCUT2D eigenvalue weighted by Gasteiger charge is -2.11. The van der Waals surface area contributed by atoms with E-state index in [1.807, 2.05) is 19.9 Å². The van der Waals surface area contributed by atoms with E-state index in [4.69, 9.17) is 9.84 Å². The van der Waals surface area contributed by atoms with E-state index in [-0.39, 0.29) is 6.42 Å². The molecule has 0 atom stereocenters. The van der Waals surface area contributed by atoms with Gasteiger partial charge < -0.3 is 9.84 Å². The predicted molar refractivity (Wildman–Crippen MR) is 83.1 cm³/mol. The Hall–Kier alpha value is -1.88. The molecule has 0 spiro atoms. The topological polar surface area (TPSA) is 59.4 Å². The maximum absolute atomic E-state index is 10.6. The average Bonchev–Trinajstić information content (AvgIpc) is 2.87. The summed E-state index contributed by atoms with van der Waals surface area (Å²) in [4.78, 5) is 15.8. The minimum atomic E-state index is -0.785. The number of carboxylic acid groups (broad SMARTS) is 1. The number of thiazole rings is 1. The smallest absolute Gasteiger partial charge is 0.303 e. The Labute approximate surface area is 128 Å². The molecule has 112 valence electrons. The van der Waals surface area contributed by atoms with Crippen molar-refractivity contribution in [3.8, 4) is 5.75 Å². The molecule has 0 aliphatic heterocycles. The summed E-state index contributed by atoms with van der Waals surface area (Å²) in [6.07, 6.45) is 2.40. The summed E-state index contributed by atoms with van der Waals surface area (Å²) >= 11 is 1.51. The van der Waals surface area contributed by atoms with Gasteiger partial charge in [0.2, 0.25) is 0 Å². The van der Waals surface area contributed by atoms with Crippen LogP contribution in [0.5, 0.6) is 5.75 Å². The van der Waals surface area contributed by atoms with Crippen LogP contribution < -0.4 is 4.74 Å². The van der Waals surface area contributed by atoms with Crippen LogP contribution in [0.25, 0.3) is 0 Å². The zero-order valence-corrected chi connectivity index (χ0v) is 13.3. The third kappa shape index (κ3) is 4.29. The number of hydrogen-bond acceptors (Lipinski definition) is 4. The Bertz CT molecular complexity index is 649. The summed E-state index contributed by atoms with van der Waals surface area (Å²) in [5, 5.41) is 9.55. The molecule has 0 saturated carbocycles. The molecule has 1 N–H and O–H groups in total. The van der Waals surface area contributed by atoms with Crippen molar-refractivity contribution < 1.29 is 14.6 Å². The number of rotatable bonds is 6. The van der Waals surface area contributed by atoms with Crippen LogP contribution in [0, 0.1) is 20.8 Å². The highest BCUT2D eigenvalue weighted by Gasteiger charge is 2.08. The van der Waals surface area contributed by atoms with Crippen molar-refractivity contribution in [1.82, 2.24) is 4.98 Å². The average molecular weight is 305 g/mol. The van der Waals surface area contributed by atoms with Crippen molar-refractivity contribution >= 4 is 17.3 Å². The van der Waals surface area contributed by atoms with E-state index in [9.17, 15) is 4.79 Å². The van der Waals surface area contributed by atoms with Crippen LogP contribution in [0.4, 0.5) is 0 Å². The van der Waals surface area contributed by atoms with E-state index in [1.54, 1.807) is 6.20 Å². The molecular weight excluding hydrogens is 286 g/mol. The van der Waals surface area contributed by atoms with Gasteiger partial charge in [0, 0.05) is 11.1 Å². The van der Waals surface area contributed by atoms with E-state index in [1.165, 1.54) is 22.5 Å². The van der Waals surface area contributed by atoms with E-state index in [2.05, 4.69) is 18.0 Å². The first-order chi connectivity index (χ1) is 9.95. The summed E-state index contributed by atoms with van der Waals surface area (Å²) in [5.74, 6) is 0.0989. The Morgan fingerprint density at radius 1 is 1.33 bits per heavy atom. The molecule has 0 radical (unpaired) electrons. The van der Waals surface area contributed by atoms with Gasteiger partial charge in [0.1, 0.15) is 17.4 Å². The zero-order chi connectivity index (χ0) is 15.4. The molecule has 0 saturated heterocycles. The number of aryl methyl sites for hydroxylation is 3. The van der Waals surface area contributed by atoms with Crippen LogP contribution in [0.2, 0.25) is 0 Å². The quantitative estimate of drug-likeness (QED) is 0.884. The minimum absolute atomic E-state index is 0.138. The van der Waals surface area contributed by atoms with Gasteiger partial charge in [-0.1, -0.05) is 6.07 Å². The molecule has 2 aromatic rings. The maximum Gasteiger partial charge on any atom is 0.303 e. The maximum atomic E-state index is 10.6. The van der Waals surface area contributed by atoms with Crippen LogP contribution in [-0.2, 0) is 17.8 Å². The minimum Gasteiger partial charge on any atom is -0.486 e. The largest absolute Gasteiger partial charge is 0.486 e. The van der Waals surface area contributed by atoms with E-state index in [0.29, 0.717) is 13.0 Å². The monoisotopic (exact) mass is 305 g/mol. The normalized spacial score (nSPS) is 10.6. The first-order valence-corrected chi connectivity index (χ1v) is 7.63. The molecule has 5 heteroatoms. The third-order valence-corrected chi connectivity index (χ3v) is 4.33. The van der Waals surface area contributed by atoms with Crippen molar-refractivity contribution in [3.63, 3.8) is 0 Å². The number of benzene rings is 1. The Morgan fingerprint density at radius 2 is 2.10 bits per heavy atom. The standard InChI is InChI=1S/C16H19NO3S/c1-10-6-11(2)12(3)14(7-10)20-9-15-17-8-13(21-15)4-5-16(18)19/h6-8H,4-5,9H2,1-3H3,(H,18,19). The van der Waals surface area contributed by atoms with Crippen molar-refractivity contribution in [2.45, 2.75) is 40.2 Å². The lowest BCUT2D eigenvalue weighted by molar-refractivity contribution is -0.136. The second-order valence-electron chi connectivity index (χ2n) is 5.11. The zero-order valence-electron chi connectivity index (χ0n) is 12.5. The molecule has 1 heterocycles. The van der Waals surface area contributed by atoms with E-state index >= 15 is 0 Å². The van der Waals surface area contributed by atoms with Gasteiger partial charge in [-0.25, -0.2) is 4.98 Å². The lowest BCUT2D eigenvalue weighted by atomic mass is 10.1. The van der Waals surface area contributed by atoms with Crippen LogP contribution in [0.15, 0.2) is 18.3 Å². The van der Waals surface area contributed by atoms with Gasteiger partial charge >= 0.3 is 5.97 Å². The highest BCUT2D eigenvalue weighted by atomic mass is 32.1. The molecule has 1 aromatic carbocycles. The van der Waals surface area contributed by atoms with E-state index in [0.717, 1.165) is 21.2 Å². The van der Waals surface area contributed by atoms with Gasteiger partial charge in [0.05, 0.1) is 6.42 Å². The summed E-state index contributed by atoms with van der Waals surface area (Å²) in [6, 6.07) is 4.16. The van der Waals surface area contributed by atoms with Crippen LogP contribution in [-0.4, -0.2) is 16.1 Å². The predicted octanol–water partition coefficient (Wildman–Crippen LogP) is 3.66. The SMILES string of the molecule is Cc1cc(C)c(C)c(OCc2ncc(CCC(=O)O)s2)c1. The number of aliphatic carboxylic acids is 1. The molecule has 2 rings (SSSR count). The molecule has 1 aromatic heterocycles. The molecule has 0 fully saturated rings.